The molecular weight excluding hydrogens is 178 g/mol. The molecule has 0 bridgehead atoms. The van der Waals surface area contributed by atoms with Gasteiger partial charge < -0.3 is 10.6 Å². The van der Waals surface area contributed by atoms with Crippen molar-refractivity contribution in [2.75, 3.05) is 26.7 Å². The van der Waals surface area contributed by atoms with Crippen molar-refractivity contribution in [1.82, 2.24) is 15.5 Å². The van der Waals surface area contributed by atoms with Crippen LogP contribution in [0.2, 0.25) is 0 Å². The number of nitrogens with zero attached hydrogens (tertiary/aromatic N) is 1. The van der Waals surface area contributed by atoms with E-state index < -0.39 is 0 Å². The predicted octanol–water partition coefficient (Wildman–Crippen LogP) is -0.195. The smallest absolute Gasteiger partial charge is 0.238 e. The van der Waals surface area contributed by atoms with Gasteiger partial charge in [-0.1, -0.05) is 0 Å². The molecule has 0 spiro atoms. The summed E-state index contributed by atoms with van der Waals surface area (Å²) in [4.78, 5) is 13.8. The van der Waals surface area contributed by atoms with Crippen molar-refractivity contribution < 1.29 is 4.79 Å². The van der Waals surface area contributed by atoms with Crippen LogP contribution in [0.1, 0.15) is 20.8 Å². The molecule has 1 aliphatic rings. The van der Waals surface area contributed by atoms with Crippen LogP contribution in [-0.4, -0.2) is 49.1 Å². The topological polar surface area (TPSA) is 44.4 Å². The summed E-state index contributed by atoms with van der Waals surface area (Å²) in [6.07, 6.45) is 0. The van der Waals surface area contributed by atoms with Gasteiger partial charge in [-0.2, -0.15) is 0 Å². The first-order valence-electron chi connectivity index (χ1n) is 5.15. The van der Waals surface area contributed by atoms with Crippen LogP contribution in [0.25, 0.3) is 0 Å². The monoisotopic (exact) mass is 199 g/mol. The van der Waals surface area contributed by atoms with Gasteiger partial charge in [0.15, 0.2) is 0 Å². The fourth-order valence-corrected chi connectivity index (χ4v) is 1.71. The molecule has 1 rings (SSSR count). The van der Waals surface area contributed by atoms with E-state index in [9.17, 15) is 4.79 Å². The molecule has 1 fully saturated rings. The minimum absolute atomic E-state index is 0.0621. The van der Waals surface area contributed by atoms with Crippen molar-refractivity contribution in [3.63, 3.8) is 0 Å². The zero-order chi connectivity index (χ0) is 10.8. The summed E-state index contributed by atoms with van der Waals surface area (Å²) in [7, 11) is 1.68. The maximum absolute atomic E-state index is 11.4. The molecule has 1 heterocycles. The maximum Gasteiger partial charge on any atom is 0.238 e. The third-order valence-electron chi connectivity index (χ3n) is 2.69. The third-order valence-corrected chi connectivity index (χ3v) is 2.69. The molecule has 4 heteroatoms. The van der Waals surface area contributed by atoms with Crippen LogP contribution in [0.5, 0.6) is 0 Å². The molecule has 0 aliphatic carbocycles. The molecule has 0 aromatic carbocycles. The molecule has 1 unspecified atom stereocenters. The molecule has 1 amide bonds. The van der Waals surface area contributed by atoms with Crippen molar-refractivity contribution in [2.24, 2.45) is 0 Å². The second-order valence-electron chi connectivity index (χ2n) is 4.74. The molecule has 1 saturated heterocycles. The Balaban J connectivity index is 2.56. The number of carbonyl (C=O) groups excluding carboxylic acids is 1. The molecule has 0 saturated carbocycles. The van der Waals surface area contributed by atoms with E-state index in [1.165, 1.54) is 0 Å². The Morgan fingerprint density at radius 2 is 2.14 bits per heavy atom. The second-order valence-corrected chi connectivity index (χ2v) is 4.74. The average molecular weight is 199 g/mol. The Bertz CT molecular complexity index is 210. The average Bonchev–Trinajstić information content (AvgIpc) is 2.15. The Morgan fingerprint density at radius 3 is 2.64 bits per heavy atom. The summed E-state index contributed by atoms with van der Waals surface area (Å²) < 4.78 is 0. The highest BCUT2D eigenvalue weighted by Crippen LogP contribution is 2.15. The van der Waals surface area contributed by atoms with E-state index in [-0.39, 0.29) is 17.5 Å². The van der Waals surface area contributed by atoms with E-state index in [4.69, 9.17) is 0 Å². The van der Waals surface area contributed by atoms with E-state index in [1.54, 1.807) is 7.05 Å². The van der Waals surface area contributed by atoms with Gasteiger partial charge in [0.05, 0.1) is 6.04 Å². The Kier molecular flexibility index (Phi) is 3.50. The zero-order valence-electron chi connectivity index (χ0n) is 9.55. The Labute approximate surface area is 86.0 Å². The van der Waals surface area contributed by atoms with Gasteiger partial charge in [-0.15, -0.1) is 0 Å². The highest BCUT2D eigenvalue weighted by atomic mass is 16.2. The van der Waals surface area contributed by atoms with Gasteiger partial charge >= 0.3 is 0 Å². The van der Waals surface area contributed by atoms with Gasteiger partial charge in [-0.25, -0.2) is 0 Å². The zero-order valence-corrected chi connectivity index (χ0v) is 9.55. The van der Waals surface area contributed by atoms with Gasteiger partial charge in [0, 0.05) is 32.2 Å². The Morgan fingerprint density at radius 1 is 1.50 bits per heavy atom. The van der Waals surface area contributed by atoms with Gasteiger partial charge in [0.2, 0.25) is 5.91 Å². The number of rotatable bonds is 1. The van der Waals surface area contributed by atoms with Crippen LogP contribution in [0.3, 0.4) is 0 Å². The first-order valence-corrected chi connectivity index (χ1v) is 5.15. The maximum atomic E-state index is 11.4. The molecular formula is C10H21N3O. The molecule has 0 aromatic rings. The lowest BCUT2D eigenvalue weighted by molar-refractivity contribution is -0.124. The van der Waals surface area contributed by atoms with Crippen molar-refractivity contribution in [2.45, 2.75) is 32.4 Å². The van der Waals surface area contributed by atoms with E-state index >= 15 is 0 Å². The van der Waals surface area contributed by atoms with Crippen LogP contribution < -0.4 is 10.6 Å². The van der Waals surface area contributed by atoms with Gasteiger partial charge in [-0.05, 0) is 20.8 Å². The number of amides is 1. The molecule has 0 radical (unpaired) electrons. The molecule has 1 aliphatic heterocycles. The summed E-state index contributed by atoms with van der Waals surface area (Å²) in [5, 5.41) is 5.90. The molecule has 1 atom stereocenters. The fraction of sp³-hybridized carbons (Fsp3) is 0.900. The second kappa shape index (κ2) is 4.28. The predicted molar refractivity (Wildman–Crippen MR) is 57.2 cm³/mol. The third kappa shape index (κ3) is 2.69. The summed E-state index contributed by atoms with van der Waals surface area (Å²) in [6.45, 7) is 9.23. The minimum atomic E-state index is -0.0621. The number of likely N-dealkylation sites (N-methyl/N-ethyl adjacent to an activating group) is 1. The van der Waals surface area contributed by atoms with Crippen LogP contribution in [0.4, 0.5) is 0 Å². The molecule has 2 N–H and O–H groups in total. The number of piperazine rings is 1. The summed E-state index contributed by atoms with van der Waals surface area (Å²) in [6, 6.07) is -0.0621. The van der Waals surface area contributed by atoms with E-state index in [0.717, 1.165) is 19.6 Å². The van der Waals surface area contributed by atoms with Crippen molar-refractivity contribution in [3.05, 3.63) is 0 Å². The first kappa shape index (κ1) is 11.5. The largest absolute Gasteiger partial charge is 0.358 e. The number of hydrogen-bond acceptors (Lipinski definition) is 3. The molecule has 82 valence electrons. The van der Waals surface area contributed by atoms with E-state index in [2.05, 4.69) is 36.3 Å². The van der Waals surface area contributed by atoms with Gasteiger partial charge in [0.1, 0.15) is 0 Å². The summed E-state index contributed by atoms with van der Waals surface area (Å²) in [5.74, 6) is 0.0824. The lowest BCUT2D eigenvalue weighted by Gasteiger charge is -2.41. The molecule has 4 nitrogen and oxygen atoms in total. The SMILES string of the molecule is CNC(=O)C1CN(C(C)(C)C)CCN1. The first-order chi connectivity index (χ1) is 6.45. The van der Waals surface area contributed by atoms with Crippen LogP contribution in [-0.2, 0) is 4.79 Å². The minimum Gasteiger partial charge on any atom is -0.358 e. The number of nitrogens with one attached hydrogen (secondary N) is 2. The highest BCUT2D eigenvalue weighted by molar-refractivity contribution is 5.81. The molecule has 0 aromatic heterocycles. The lowest BCUT2D eigenvalue weighted by Crippen LogP contribution is -2.60. The summed E-state index contributed by atoms with van der Waals surface area (Å²) >= 11 is 0. The van der Waals surface area contributed by atoms with Gasteiger partial charge in [-0.3, -0.25) is 9.69 Å². The number of hydrogen-bond donors (Lipinski definition) is 2. The van der Waals surface area contributed by atoms with Crippen LogP contribution in [0, 0.1) is 0 Å². The fourth-order valence-electron chi connectivity index (χ4n) is 1.71. The van der Waals surface area contributed by atoms with Crippen LogP contribution in [0.15, 0.2) is 0 Å². The lowest BCUT2D eigenvalue weighted by atomic mass is 10.0. The summed E-state index contributed by atoms with van der Waals surface area (Å²) in [5.41, 5.74) is 0.147. The normalized spacial score (nSPS) is 24.7. The highest BCUT2D eigenvalue weighted by Gasteiger charge is 2.30. The van der Waals surface area contributed by atoms with Crippen LogP contribution >= 0.6 is 0 Å². The van der Waals surface area contributed by atoms with E-state index in [1.807, 2.05) is 0 Å². The quantitative estimate of drug-likeness (QED) is 0.615. The Hall–Kier alpha value is -0.610. The van der Waals surface area contributed by atoms with Crippen molar-refractivity contribution in [1.29, 1.82) is 0 Å². The number of carbonyl (C=O) groups is 1. The molecule has 14 heavy (non-hydrogen) atoms. The van der Waals surface area contributed by atoms with Gasteiger partial charge in [0.25, 0.3) is 0 Å². The van der Waals surface area contributed by atoms with Crippen molar-refractivity contribution >= 4 is 5.91 Å². The standard InChI is InChI=1S/C10H21N3O/c1-10(2,3)13-6-5-12-8(7-13)9(14)11-4/h8,12H,5-7H2,1-4H3,(H,11,14). The van der Waals surface area contributed by atoms with Crippen molar-refractivity contribution in [3.8, 4) is 0 Å². The van der Waals surface area contributed by atoms with E-state index in [0.29, 0.717) is 0 Å².